The van der Waals surface area contributed by atoms with E-state index in [1.54, 1.807) is 0 Å². The van der Waals surface area contributed by atoms with Gasteiger partial charge in [-0.1, -0.05) is 30.3 Å². The monoisotopic (exact) mass is 238 g/mol. The molecule has 2 rings (SSSR count). The average Bonchev–Trinajstić information content (AvgIpc) is 2.73. The van der Waals surface area contributed by atoms with Crippen LogP contribution in [0.5, 0.6) is 0 Å². The van der Waals surface area contributed by atoms with Crippen LogP contribution in [0.2, 0.25) is 0 Å². The van der Waals surface area contributed by atoms with Gasteiger partial charge in [-0.2, -0.15) is 5.10 Å². The van der Waals surface area contributed by atoms with Crippen molar-refractivity contribution in [1.82, 2.24) is 9.78 Å². The summed E-state index contributed by atoms with van der Waals surface area (Å²) < 4.78 is 26.9. The minimum atomic E-state index is -2.64. The van der Waals surface area contributed by atoms with Gasteiger partial charge < -0.3 is 5.11 Å². The van der Waals surface area contributed by atoms with Crippen molar-refractivity contribution in [2.24, 2.45) is 0 Å². The Morgan fingerprint density at radius 1 is 1.24 bits per heavy atom. The van der Waals surface area contributed by atoms with Gasteiger partial charge >= 0.3 is 0 Å². The predicted molar refractivity (Wildman–Crippen MR) is 58.7 cm³/mol. The summed E-state index contributed by atoms with van der Waals surface area (Å²) in [5.41, 5.74) is 0.856. The van der Waals surface area contributed by atoms with E-state index in [9.17, 15) is 8.78 Å². The van der Waals surface area contributed by atoms with Crippen molar-refractivity contribution in [2.75, 3.05) is 0 Å². The molecule has 0 fully saturated rings. The molecular formula is C12H12F2N2O. The van der Waals surface area contributed by atoms with Gasteiger partial charge in [0.05, 0.1) is 19.3 Å². The zero-order chi connectivity index (χ0) is 12.3. The normalized spacial score (nSPS) is 11.1. The first-order valence-corrected chi connectivity index (χ1v) is 5.20. The molecule has 0 aliphatic carbocycles. The Labute approximate surface area is 97.3 Å². The number of aliphatic hydroxyl groups is 1. The van der Waals surface area contributed by atoms with Crippen LogP contribution in [-0.4, -0.2) is 14.9 Å². The fraction of sp³-hybridized carbons (Fsp3) is 0.250. The van der Waals surface area contributed by atoms with Crippen LogP contribution in [0.4, 0.5) is 8.78 Å². The van der Waals surface area contributed by atoms with Crippen LogP contribution in [0.25, 0.3) is 0 Å². The Hall–Kier alpha value is -1.75. The number of nitrogens with zero attached hydrogens (tertiary/aromatic N) is 2. The first-order valence-electron chi connectivity index (χ1n) is 5.20. The molecule has 0 amide bonds. The van der Waals surface area contributed by atoms with Crippen molar-refractivity contribution in [1.29, 1.82) is 0 Å². The number of alkyl halides is 2. The van der Waals surface area contributed by atoms with Crippen LogP contribution in [0.15, 0.2) is 36.5 Å². The van der Waals surface area contributed by atoms with E-state index < -0.39 is 13.0 Å². The molecule has 0 saturated heterocycles. The summed E-state index contributed by atoms with van der Waals surface area (Å²) in [6.07, 6.45) is -1.35. The van der Waals surface area contributed by atoms with E-state index >= 15 is 0 Å². The summed E-state index contributed by atoms with van der Waals surface area (Å²) in [5.74, 6) is 0. The second kappa shape index (κ2) is 5.05. The molecule has 0 aliphatic heterocycles. The minimum absolute atomic E-state index is 0.177. The van der Waals surface area contributed by atoms with E-state index in [0.717, 1.165) is 5.56 Å². The molecule has 5 heteroatoms. The van der Waals surface area contributed by atoms with Crippen LogP contribution in [0.3, 0.4) is 0 Å². The third-order valence-corrected chi connectivity index (χ3v) is 2.51. The Balaban J connectivity index is 2.30. The first kappa shape index (κ1) is 11.7. The Kier molecular flexibility index (Phi) is 3.49. The van der Waals surface area contributed by atoms with Crippen molar-refractivity contribution < 1.29 is 13.9 Å². The highest BCUT2D eigenvalue weighted by Crippen LogP contribution is 2.23. The first-order chi connectivity index (χ1) is 8.22. The molecular weight excluding hydrogens is 226 g/mol. The second-order valence-corrected chi connectivity index (χ2v) is 3.66. The van der Waals surface area contributed by atoms with E-state index in [1.165, 1.54) is 10.9 Å². The number of aromatic nitrogens is 2. The van der Waals surface area contributed by atoms with Crippen LogP contribution in [0, 0.1) is 0 Å². The lowest BCUT2D eigenvalue weighted by Crippen LogP contribution is -2.07. The highest BCUT2D eigenvalue weighted by molar-refractivity contribution is 5.21. The summed E-state index contributed by atoms with van der Waals surface area (Å²) in [7, 11) is 0. The van der Waals surface area contributed by atoms with Gasteiger partial charge in [-0.25, -0.2) is 8.78 Å². The standard InChI is InChI=1S/C12H12F2N2O/c13-12(14)11-10(8-17)6-15-16(11)7-9-4-2-1-3-5-9/h1-6,12,17H,7-8H2. The maximum absolute atomic E-state index is 12.8. The number of aliphatic hydroxyl groups excluding tert-OH is 1. The predicted octanol–water partition coefficient (Wildman–Crippen LogP) is 2.36. The number of halogens is 2. The summed E-state index contributed by atoms with van der Waals surface area (Å²) >= 11 is 0. The topological polar surface area (TPSA) is 38.1 Å². The van der Waals surface area contributed by atoms with Gasteiger partial charge in [-0.3, -0.25) is 4.68 Å². The Morgan fingerprint density at radius 2 is 1.94 bits per heavy atom. The summed E-state index contributed by atoms with van der Waals surface area (Å²) in [4.78, 5) is 0. The van der Waals surface area contributed by atoms with Gasteiger partial charge in [0.1, 0.15) is 5.69 Å². The van der Waals surface area contributed by atoms with E-state index in [1.807, 2.05) is 30.3 Å². The molecule has 0 saturated carbocycles. The lowest BCUT2D eigenvalue weighted by atomic mass is 10.2. The molecule has 3 nitrogen and oxygen atoms in total. The second-order valence-electron chi connectivity index (χ2n) is 3.66. The van der Waals surface area contributed by atoms with E-state index in [0.29, 0.717) is 0 Å². The maximum Gasteiger partial charge on any atom is 0.280 e. The molecule has 0 atom stereocenters. The molecule has 1 N–H and O–H groups in total. The molecule has 1 heterocycles. The Bertz CT molecular complexity index is 483. The van der Waals surface area contributed by atoms with Crippen LogP contribution >= 0.6 is 0 Å². The lowest BCUT2D eigenvalue weighted by molar-refractivity contribution is 0.135. The highest BCUT2D eigenvalue weighted by atomic mass is 19.3. The molecule has 17 heavy (non-hydrogen) atoms. The number of benzene rings is 1. The number of rotatable bonds is 4. The molecule has 0 bridgehead atoms. The van der Waals surface area contributed by atoms with Crippen molar-refractivity contribution in [3.63, 3.8) is 0 Å². The van der Waals surface area contributed by atoms with Crippen molar-refractivity contribution in [3.8, 4) is 0 Å². The zero-order valence-electron chi connectivity index (χ0n) is 9.05. The zero-order valence-corrected chi connectivity index (χ0v) is 9.05. The van der Waals surface area contributed by atoms with E-state index in [4.69, 9.17) is 5.11 Å². The highest BCUT2D eigenvalue weighted by Gasteiger charge is 2.19. The van der Waals surface area contributed by atoms with Gasteiger partial charge in [-0.15, -0.1) is 0 Å². The molecule has 1 aromatic carbocycles. The fourth-order valence-corrected chi connectivity index (χ4v) is 1.69. The van der Waals surface area contributed by atoms with E-state index in [2.05, 4.69) is 5.10 Å². The summed E-state index contributed by atoms with van der Waals surface area (Å²) in [5, 5.41) is 12.8. The van der Waals surface area contributed by atoms with Gasteiger partial charge in [0.25, 0.3) is 6.43 Å². The fourth-order valence-electron chi connectivity index (χ4n) is 1.69. The number of hydrogen-bond donors (Lipinski definition) is 1. The van der Waals surface area contributed by atoms with Crippen molar-refractivity contribution in [3.05, 3.63) is 53.3 Å². The largest absolute Gasteiger partial charge is 0.392 e. The van der Waals surface area contributed by atoms with Crippen molar-refractivity contribution in [2.45, 2.75) is 19.6 Å². The lowest BCUT2D eigenvalue weighted by Gasteiger charge is -2.08. The molecule has 0 unspecified atom stereocenters. The maximum atomic E-state index is 12.8. The third-order valence-electron chi connectivity index (χ3n) is 2.51. The van der Waals surface area contributed by atoms with Crippen LogP contribution in [0.1, 0.15) is 23.2 Å². The van der Waals surface area contributed by atoms with Gasteiger partial charge in [0.15, 0.2) is 0 Å². The summed E-state index contributed by atoms with van der Waals surface area (Å²) in [6.45, 7) is -0.144. The molecule has 2 aromatic rings. The van der Waals surface area contributed by atoms with Crippen molar-refractivity contribution >= 4 is 0 Å². The minimum Gasteiger partial charge on any atom is -0.392 e. The van der Waals surface area contributed by atoms with Gasteiger partial charge in [-0.05, 0) is 5.56 Å². The SMILES string of the molecule is OCc1cnn(Cc2ccccc2)c1C(F)F. The average molecular weight is 238 g/mol. The molecule has 1 aromatic heterocycles. The van der Waals surface area contributed by atoms with Crippen LogP contribution in [-0.2, 0) is 13.2 Å². The molecule has 0 spiro atoms. The smallest absolute Gasteiger partial charge is 0.280 e. The summed E-state index contributed by atoms with van der Waals surface area (Å²) in [6, 6.07) is 9.23. The number of hydrogen-bond acceptors (Lipinski definition) is 2. The van der Waals surface area contributed by atoms with Crippen LogP contribution < -0.4 is 0 Å². The Morgan fingerprint density at radius 3 is 2.53 bits per heavy atom. The van der Waals surface area contributed by atoms with Gasteiger partial charge in [0.2, 0.25) is 0 Å². The third kappa shape index (κ3) is 2.50. The van der Waals surface area contributed by atoms with Gasteiger partial charge in [0, 0.05) is 5.56 Å². The van der Waals surface area contributed by atoms with E-state index in [-0.39, 0.29) is 17.8 Å². The molecule has 0 radical (unpaired) electrons. The molecule has 0 aliphatic rings. The quantitative estimate of drug-likeness (QED) is 0.887. The molecule has 90 valence electrons.